The number of hydrogen-bond acceptors (Lipinski definition) is 2. The molecule has 0 spiro atoms. The van der Waals surface area contributed by atoms with Crippen LogP contribution in [0.4, 0.5) is 0 Å². The van der Waals surface area contributed by atoms with Crippen LogP contribution in [-0.4, -0.2) is 34.5 Å². The van der Waals surface area contributed by atoms with Crippen LogP contribution < -0.4 is 0 Å². The average molecular weight is 295 g/mol. The summed E-state index contributed by atoms with van der Waals surface area (Å²) in [7, 11) is 1.94. The van der Waals surface area contributed by atoms with Crippen molar-refractivity contribution in [3.8, 4) is 0 Å². The van der Waals surface area contributed by atoms with E-state index in [-0.39, 0.29) is 0 Å². The van der Waals surface area contributed by atoms with Crippen molar-refractivity contribution in [2.75, 3.05) is 7.05 Å². The summed E-state index contributed by atoms with van der Waals surface area (Å²) in [5.41, 5.74) is 0. The molecule has 0 saturated carbocycles. The SMILES string of the molecule is CCCCCCCCCCC(C(=O)O)[N+]1(C)C=CN=C1C. The highest BCUT2D eigenvalue weighted by Gasteiger charge is 2.41. The highest BCUT2D eigenvalue weighted by molar-refractivity contribution is 5.80. The maximum atomic E-state index is 11.6. The van der Waals surface area contributed by atoms with Gasteiger partial charge in [-0.15, -0.1) is 0 Å². The van der Waals surface area contributed by atoms with E-state index in [0.29, 0.717) is 4.48 Å². The Morgan fingerprint density at radius 3 is 2.24 bits per heavy atom. The number of rotatable bonds is 11. The monoisotopic (exact) mass is 295 g/mol. The molecule has 1 rings (SSSR count). The fourth-order valence-corrected chi connectivity index (χ4v) is 2.93. The van der Waals surface area contributed by atoms with Crippen LogP contribution in [0.1, 0.15) is 71.6 Å². The van der Waals surface area contributed by atoms with E-state index < -0.39 is 12.0 Å². The molecule has 0 aromatic heterocycles. The van der Waals surface area contributed by atoms with Crippen LogP contribution in [0, 0.1) is 0 Å². The maximum Gasteiger partial charge on any atom is 0.363 e. The molecule has 0 aromatic carbocycles. The van der Waals surface area contributed by atoms with E-state index in [0.717, 1.165) is 25.1 Å². The number of nitrogens with zero attached hydrogens (tertiary/aromatic N) is 2. The number of likely N-dealkylation sites (N-methyl/N-ethyl adjacent to an activating group) is 1. The number of aliphatic imine (C=N–C) groups is 1. The standard InChI is InChI=1S/C17H30N2O2/c1-4-5-6-7-8-9-10-11-12-16(17(20)21)19(3)14-13-18-15(19)2/h13-14,16H,4-12H2,1-3H3/p+1. The zero-order chi connectivity index (χ0) is 15.7. The number of quaternary nitrogens is 1. The summed E-state index contributed by atoms with van der Waals surface area (Å²) in [5, 5.41) is 9.51. The van der Waals surface area contributed by atoms with Crippen molar-refractivity contribution in [1.29, 1.82) is 0 Å². The molecule has 4 heteroatoms. The molecule has 0 aromatic rings. The van der Waals surface area contributed by atoms with E-state index in [1.54, 1.807) is 6.20 Å². The van der Waals surface area contributed by atoms with Gasteiger partial charge in [-0.05, 0) is 6.42 Å². The molecule has 0 aliphatic carbocycles. The van der Waals surface area contributed by atoms with E-state index in [9.17, 15) is 9.90 Å². The summed E-state index contributed by atoms with van der Waals surface area (Å²) in [6.45, 7) is 4.14. The molecule has 2 atom stereocenters. The predicted octanol–water partition coefficient (Wildman–Crippen LogP) is 4.32. The van der Waals surface area contributed by atoms with E-state index in [2.05, 4.69) is 11.9 Å². The Balaban J connectivity index is 2.29. The lowest BCUT2D eigenvalue weighted by atomic mass is 10.0. The van der Waals surface area contributed by atoms with Crippen LogP contribution in [-0.2, 0) is 4.79 Å². The Labute approximate surface area is 129 Å². The Kier molecular flexibility index (Phi) is 7.65. The second-order valence-electron chi connectivity index (χ2n) is 6.24. The first-order chi connectivity index (χ1) is 10.0. The lowest BCUT2D eigenvalue weighted by Crippen LogP contribution is -2.53. The van der Waals surface area contributed by atoms with Crippen LogP contribution in [0.3, 0.4) is 0 Å². The number of carbonyl (C=O) groups is 1. The van der Waals surface area contributed by atoms with Gasteiger partial charge in [0, 0.05) is 13.3 Å². The Hall–Kier alpha value is -1.16. The smallest absolute Gasteiger partial charge is 0.363 e. The Morgan fingerprint density at radius 1 is 1.19 bits per heavy atom. The molecule has 21 heavy (non-hydrogen) atoms. The van der Waals surface area contributed by atoms with E-state index in [4.69, 9.17) is 0 Å². The van der Waals surface area contributed by atoms with Crippen molar-refractivity contribution >= 4 is 11.8 Å². The second kappa shape index (κ2) is 8.98. The van der Waals surface area contributed by atoms with Gasteiger partial charge in [0.15, 0.2) is 6.04 Å². The molecule has 0 saturated heterocycles. The quantitative estimate of drug-likeness (QED) is 0.456. The minimum Gasteiger partial charge on any atom is -0.477 e. The molecule has 2 unspecified atom stereocenters. The largest absolute Gasteiger partial charge is 0.477 e. The molecule has 0 bridgehead atoms. The first-order valence-corrected chi connectivity index (χ1v) is 8.33. The van der Waals surface area contributed by atoms with Gasteiger partial charge in [0.2, 0.25) is 5.84 Å². The first kappa shape index (κ1) is 17.9. The van der Waals surface area contributed by atoms with Gasteiger partial charge >= 0.3 is 5.97 Å². The number of aliphatic carboxylic acids is 1. The predicted molar refractivity (Wildman–Crippen MR) is 87.1 cm³/mol. The zero-order valence-electron chi connectivity index (χ0n) is 13.8. The number of unbranched alkanes of at least 4 members (excludes halogenated alkanes) is 7. The summed E-state index contributed by atoms with van der Waals surface area (Å²) in [4.78, 5) is 15.8. The molecule has 1 heterocycles. The third kappa shape index (κ3) is 5.27. The topological polar surface area (TPSA) is 49.7 Å². The zero-order valence-corrected chi connectivity index (χ0v) is 13.8. The fourth-order valence-electron chi connectivity index (χ4n) is 2.93. The van der Waals surface area contributed by atoms with Crippen molar-refractivity contribution in [3.63, 3.8) is 0 Å². The van der Waals surface area contributed by atoms with Crippen molar-refractivity contribution in [2.45, 2.75) is 77.7 Å². The van der Waals surface area contributed by atoms with Crippen molar-refractivity contribution in [3.05, 3.63) is 12.4 Å². The molecule has 0 fully saturated rings. The molecule has 1 aliphatic rings. The highest BCUT2D eigenvalue weighted by Crippen LogP contribution is 2.23. The molecule has 0 radical (unpaired) electrons. The fraction of sp³-hybridized carbons (Fsp3) is 0.765. The van der Waals surface area contributed by atoms with Crippen LogP contribution in [0.15, 0.2) is 17.4 Å². The summed E-state index contributed by atoms with van der Waals surface area (Å²) < 4.78 is 0.325. The lowest BCUT2D eigenvalue weighted by molar-refractivity contribution is -0.784. The minimum atomic E-state index is -0.721. The molecule has 1 aliphatic heterocycles. The summed E-state index contributed by atoms with van der Waals surface area (Å²) >= 11 is 0. The van der Waals surface area contributed by atoms with Crippen molar-refractivity contribution in [2.24, 2.45) is 4.99 Å². The highest BCUT2D eigenvalue weighted by atomic mass is 16.4. The Morgan fingerprint density at radius 2 is 1.76 bits per heavy atom. The van der Waals surface area contributed by atoms with Gasteiger partial charge < -0.3 is 5.11 Å². The lowest BCUT2D eigenvalue weighted by Gasteiger charge is -2.32. The van der Waals surface area contributed by atoms with Gasteiger partial charge in [-0.2, -0.15) is 0 Å². The van der Waals surface area contributed by atoms with Gasteiger partial charge in [0.05, 0.1) is 13.2 Å². The first-order valence-electron chi connectivity index (χ1n) is 8.33. The van der Waals surface area contributed by atoms with E-state index >= 15 is 0 Å². The second-order valence-corrected chi connectivity index (χ2v) is 6.24. The number of hydrogen-bond donors (Lipinski definition) is 1. The summed E-state index contributed by atoms with van der Waals surface area (Å²) in [6.07, 6.45) is 14.2. The summed E-state index contributed by atoms with van der Waals surface area (Å²) in [5.74, 6) is 0.142. The number of carboxylic acids is 1. The summed E-state index contributed by atoms with van der Waals surface area (Å²) in [6, 6.07) is -0.410. The van der Waals surface area contributed by atoms with Gasteiger partial charge in [-0.1, -0.05) is 51.9 Å². The number of amidine groups is 1. The van der Waals surface area contributed by atoms with Gasteiger partial charge in [-0.3, -0.25) is 0 Å². The van der Waals surface area contributed by atoms with E-state index in [1.807, 2.05) is 20.2 Å². The van der Waals surface area contributed by atoms with Gasteiger partial charge in [0.25, 0.3) is 0 Å². The average Bonchev–Trinajstić information content (AvgIpc) is 2.77. The van der Waals surface area contributed by atoms with Crippen LogP contribution in [0.25, 0.3) is 0 Å². The third-order valence-electron chi connectivity index (χ3n) is 4.60. The third-order valence-corrected chi connectivity index (χ3v) is 4.60. The van der Waals surface area contributed by atoms with Crippen LogP contribution in [0.5, 0.6) is 0 Å². The van der Waals surface area contributed by atoms with Crippen molar-refractivity contribution < 1.29 is 14.4 Å². The molecular weight excluding hydrogens is 264 g/mol. The van der Waals surface area contributed by atoms with Crippen LogP contribution >= 0.6 is 0 Å². The number of carboxylic acid groups (broad SMARTS) is 1. The molecule has 0 amide bonds. The maximum absolute atomic E-state index is 11.6. The van der Waals surface area contributed by atoms with E-state index in [1.165, 1.54) is 38.5 Å². The minimum absolute atomic E-state index is 0.325. The van der Waals surface area contributed by atoms with Gasteiger partial charge in [0.1, 0.15) is 6.20 Å². The molecular formula is C17H31N2O2+. The molecule has 120 valence electrons. The molecule has 1 N–H and O–H groups in total. The Bertz CT molecular complexity index is 390. The van der Waals surface area contributed by atoms with Crippen molar-refractivity contribution in [1.82, 2.24) is 0 Å². The van der Waals surface area contributed by atoms with Gasteiger partial charge in [-0.25, -0.2) is 14.3 Å². The van der Waals surface area contributed by atoms with Crippen LogP contribution in [0.2, 0.25) is 0 Å². The molecule has 4 nitrogen and oxygen atoms in total. The normalized spacial score (nSPS) is 22.3.